The van der Waals surface area contributed by atoms with Crippen molar-refractivity contribution in [1.82, 2.24) is 4.90 Å². The van der Waals surface area contributed by atoms with Crippen LogP contribution in [-0.4, -0.2) is 16.8 Å². The summed E-state index contributed by atoms with van der Waals surface area (Å²) in [5.41, 5.74) is 2.40. The van der Waals surface area contributed by atoms with Gasteiger partial charge in [0.15, 0.2) is 0 Å². The molecule has 1 aliphatic carbocycles. The fourth-order valence-corrected chi connectivity index (χ4v) is 4.02. The molecule has 1 saturated carbocycles. The van der Waals surface area contributed by atoms with E-state index in [1.165, 1.54) is 0 Å². The molecule has 1 aliphatic heterocycles. The van der Waals surface area contributed by atoms with Gasteiger partial charge in [0, 0.05) is 12.1 Å². The number of amidine groups is 1. The maximum atomic E-state index is 12.8. The zero-order valence-electron chi connectivity index (χ0n) is 15.1. The molecule has 0 aromatic heterocycles. The summed E-state index contributed by atoms with van der Waals surface area (Å²) >= 11 is 0. The van der Waals surface area contributed by atoms with Crippen LogP contribution in [0.15, 0.2) is 54.6 Å². The third kappa shape index (κ3) is 3.08. The molecular weight excluding hydrogens is 336 g/mol. The summed E-state index contributed by atoms with van der Waals surface area (Å²) in [5.74, 6) is 0.343. The first-order chi connectivity index (χ1) is 13.1. The zero-order chi connectivity index (χ0) is 18.9. The van der Waals surface area contributed by atoms with Gasteiger partial charge in [0.2, 0.25) is 0 Å². The Kier molecular flexibility index (Phi) is 4.41. The highest BCUT2D eigenvalue weighted by molar-refractivity contribution is 6.03. The van der Waals surface area contributed by atoms with E-state index >= 15 is 0 Å². The van der Waals surface area contributed by atoms with Crippen LogP contribution in [-0.2, 0) is 5.41 Å². The van der Waals surface area contributed by atoms with Crippen LogP contribution in [0.3, 0.4) is 0 Å². The van der Waals surface area contributed by atoms with Crippen LogP contribution in [0, 0.1) is 16.7 Å². The van der Waals surface area contributed by atoms with E-state index in [-0.39, 0.29) is 17.5 Å². The van der Waals surface area contributed by atoms with Gasteiger partial charge in [0.25, 0.3) is 0 Å². The van der Waals surface area contributed by atoms with Crippen LogP contribution in [0.1, 0.15) is 49.3 Å². The van der Waals surface area contributed by atoms with Crippen molar-refractivity contribution in [1.29, 1.82) is 10.7 Å². The normalized spacial score (nSPS) is 20.6. The Morgan fingerprint density at radius 1 is 1.15 bits per heavy atom. The van der Waals surface area contributed by atoms with E-state index in [0.29, 0.717) is 17.9 Å². The zero-order valence-corrected chi connectivity index (χ0v) is 15.1. The van der Waals surface area contributed by atoms with Crippen LogP contribution in [0.2, 0.25) is 0 Å². The second-order valence-corrected chi connectivity index (χ2v) is 7.34. The molecule has 1 unspecified atom stereocenters. The number of carbonyl (C=O) groups is 1. The molecule has 2 aromatic rings. The van der Waals surface area contributed by atoms with Gasteiger partial charge in [-0.3, -0.25) is 10.3 Å². The molecular formula is C22H22N4O. The summed E-state index contributed by atoms with van der Waals surface area (Å²) in [6, 6.07) is 19.5. The quantitative estimate of drug-likeness (QED) is 0.811. The van der Waals surface area contributed by atoms with Crippen molar-refractivity contribution in [2.45, 2.75) is 43.6 Å². The highest BCUT2D eigenvalue weighted by atomic mass is 16.2. The van der Waals surface area contributed by atoms with E-state index in [2.05, 4.69) is 11.4 Å². The molecule has 0 spiro atoms. The number of anilines is 1. The predicted molar refractivity (Wildman–Crippen MR) is 105 cm³/mol. The first kappa shape index (κ1) is 17.3. The second kappa shape index (κ2) is 6.88. The number of carbonyl (C=O) groups excluding carboxylic acids is 1. The van der Waals surface area contributed by atoms with Gasteiger partial charge < -0.3 is 5.32 Å². The van der Waals surface area contributed by atoms with Gasteiger partial charge in [-0.05, 0) is 48.9 Å². The highest BCUT2D eigenvalue weighted by Crippen LogP contribution is 2.43. The third-order valence-corrected chi connectivity index (χ3v) is 5.77. The van der Waals surface area contributed by atoms with Gasteiger partial charge in [-0.25, -0.2) is 4.79 Å². The van der Waals surface area contributed by atoms with Crippen molar-refractivity contribution < 1.29 is 4.79 Å². The monoisotopic (exact) mass is 358 g/mol. The maximum absolute atomic E-state index is 12.8. The molecule has 2 aromatic carbocycles. The number of benzene rings is 2. The first-order valence-electron chi connectivity index (χ1n) is 9.37. The van der Waals surface area contributed by atoms with Gasteiger partial charge >= 0.3 is 6.03 Å². The molecule has 2 amide bonds. The van der Waals surface area contributed by atoms with E-state index in [4.69, 9.17) is 5.41 Å². The number of urea groups is 1. The Morgan fingerprint density at radius 3 is 2.44 bits per heavy atom. The summed E-state index contributed by atoms with van der Waals surface area (Å²) in [4.78, 5) is 14.4. The van der Waals surface area contributed by atoms with Crippen LogP contribution in [0.5, 0.6) is 0 Å². The molecule has 4 rings (SSSR count). The molecule has 5 heteroatoms. The standard InChI is InChI=1S/C22H22N4O/c23-15-22(13-4-14-22)17-7-9-18(10-8-17)25-21(27)26-19(11-12-20(26)24)16-5-2-1-3-6-16/h1-3,5-10,19,24H,4,11-14H2,(H,25,27). The van der Waals surface area contributed by atoms with Crippen molar-refractivity contribution in [2.24, 2.45) is 0 Å². The van der Waals surface area contributed by atoms with E-state index in [0.717, 1.165) is 36.8 Å². The minimum Gasteiger partial charge on any atom is -0.307 e. The van der Waals surface area contributed by atoms with Crippen molar-refractivity contribution in [3.8, 4) is 6.07 Å². The van der Waals surface area contributed by atoms with Crippen molar-refractivity contribution >= 4 is 17.6 Å². The number of amides is 2. The minimum absolute atomic E-state index is 0.102. The molecule has 2 N–H and O–H groups in total. The topological polar surface area (TPSA) is 80.0 Å². The third-order valence-electron chi connectivity index (χ3n) is 5.77. The fraction of sp³-hybridized carbons (Fsp3) is 0.318. The lowest BCUT2D eigenvalue weighted by molar-refractivity contribution is 0.225. The summed E-state index contributed by atoms with van der Waals surface area (Å²) in [5, 5.41) is 20.6. The van der Waals surface area contributed by atoms with Gasteiger partial charge in [-0.1, -0.05) is 42.5 Å². The fourth-order valence-electron chi connectivity index (χ4n) is 4.02. The van der Waals surface area contributed by atoms with Gasteiger partial charge in [-0.15, -0.1) is 0 Å². The van der Waals surface area contributed by atoms with Crippen molar-refractivity contribution in [3.05, 3.63) is 65.7 Å². The van der Waals surface area contributed by atoms with E-state index in [9.17, 15) is 10.1 Å². The molecule has 1 saturated heterocycles. The molecule has 0 radical (unpaired) electrons. The number of hydrogen-bond acceptors (Lipinski definition) is 3. The SMILES string of the molecule is N#CC1(c2ccc(NC(=O)N3C(=N)CCC3c3ccccc3)cc2)CCC1. The Bertz CT molecular complexity index is 894. The van der Waals surface area contributed by atoms with E-state index in [1.807, 2.05) is 54.6 Å². The van der Waals surface area contributed by atoms with Crippen molar-refractivity contribution in [2.75, 3.05) is 5.32 Å². The van der Waals surface area contributed by atoms with Crippen LogP contribution < -0.4 is 5.32 Å². The number of nitriles is 1. The lowest BCUT2D eigenvalue weighted by Gasteiger charge is -2.35. The highest BCUT2D eigenvalue weighted by Gasteiger charge is 2.39. The number of likely N-dealkylation sites (tertiary alicyclic amines) is 1. The Hall–Kier alpha value is -3.13. The number of rotatable bonds is 3. The Morgan fingerprint density at radius 2 is 1.85 bits per heavy atom. The number of hydrogen-bond donors (Lipinski definition) is 2. The smallest absolute Gasteiger partial charge is 0.307 e. The van der Waals surface area contributed by atoms with E-state index < -0.39 is 0 Å². The number of nitrogens with zero attached hydrogens (tertiary/aromatic N) is 2. The molecule has 0 bridgehead atoms. The van der Waals surface area contributed by atoms with Crippen LogP contribution >= 0.6 is 0 Å². The summed E-state index contributed by atoms with van der Waals surface area (Å²) < 4.78 is 0. The van der Waals surface area contributed by atoms with Gasteiger partial charge in [0.05, 0.1) is 17.5 Å². The first-order valence-corrected chi connectivity index (χ1v) is 9.37. The Labute approximate surface area is 159 Å². The van der Waals surface area contributed by atoms with Crippen LogP contribution in [0.4, 0.5) is 10.5 Å². The average molecular weight is 358 g/mol. The second-order valence-electron chi connectivity index (χ2n) is 7.34. The molecule has 27 heavy (non-hydrogen) atoms. The van der Waals surface area contributed by atoms with E-state index in [1.54, 1.807) is 4.90 Å². The lowest BCUT2D eigenvalue weighted by Crippen LogP contribution is -2.37. The summed E-state index contributed by atoms with van der Waals surface area (Å²) in [7, 11) is 0. The molecule has 5 nitrogen and oxygen atoms in total. The molecule has 2 fully saturated rings. The molecule has 1 atom stereocenters. The summed E-state index contributed by atoms with van der Waals surface area (Å²) in [6.07, 6.45) is 4.25. The lowest BCUT2D eigenvalue weighted by atomic mass is 9.65. The summed E-state index contributed by atoms with van der Waals surface area (Å²) in [6.45, 7) is 0. The maximum Gasteiger partial charge on any atom is 0.327 e. The molecule has 2 aliphatic rings. The Balaban J connectivity index is 1.50. The molecule has 136 valence electrons. The van der Waals surface area contributed by atoms with Gasteiger partial charge in [-0.2, -0.15) is 5.26 Å². The average Bonchev–Trinajstić information content (AvgIpc) is 3.05. The molecule has 1 heterocycles. The van der Waals surface area contributed by atoms with Gasteiger partial charge in [0.1, 0.15) is 5.84 Å². The largest absolute Gasteiger partial charge is 0.327 e. The van der Waals surface area contributed by atoms with Crippen molar-refractivity contribution in [3.63, 3.8) is 0 Å². The van der Waals surface area contributed by atoms with Crippen LogP contribution in [0.25, 0.3) is 0 Å². The minimum atomic E-state index is -0.349. The predicted octanol–water partition coefficient (Wildman–Crippen LogP) is 4.98. The number of nitrogens with one attached hydrogen (secondary N) is 2.